The summed E-state index contributed by atoms with van der Waals surface area (Å²) < 4.78 is 13.7. The monoisotopic (exact) mass is 517 g/mol. The Bertz CT molecular complexity index is 1160. The Balaban J connectivity index is 1.76. The van der Waals surface area contributed by atoms with Crippen LogP contribution in [0.5, 0.6) is 0 Å². The molecule has 4 rings (SSSR count). The minimum absolute atomic E-state index is 0.0445. The molecule has 2 aliphatic rings. The molecule has 0 aromatic heterocycles. The van der Waals surface area contributed by atoms with Crippen LogP contribution in [0, 0.1) is 30.6 Å². The number of aryl methyl sites for hydroxylation is 2. The zero-order valence-electron chi connectivity index (χ0n) is 25.8. The number of benzene rings is 2. The molecule has 0 aliphatic carbocycles. The second-order valence-electron chi connectivity index (χ2n) is 14.6. The molecule has 2 aromatic rings. The lowest BCUT2D eigenvalue weighted by molar-refractivity contribution is -0.336. The number of hydrogen-bond donors (Lipinski definition) is 1. The molecular formula is C35H51NO2. The van der Waals surface area contributed by atoms with Crippen LogP contribution in [-0.2, 0) is 15.9 Å². The van der Waals surface area contributed by atoms with Crippen LogP contribution >= 0.6 is 0 Å². The van der Waals surface area contributed by atoms with Crippen molar-refractivity contribution in [3.63, 3.8) is 0 Å². The number of hydrogen-bond acceptors (Lipinski definition) is 3. The second-order valence-corrected chi connectivity index (χ2v) is 14.6. The quantitative estimate of drug-likeness (QED) is 0.428. The van der Waals surface area contributed by atoms with E-state index in [1.54, 1.807) is 0 Å². The van der Waals surface area contributed by atoms with E-state index in [1.165, 1.54) is 39.1 Å². The molecule has 38 heavy (non-hydrogen) atoms. The summed E-state index contributed by atoms with van der Waals surface area (Å²) in [6, 6.07) is 13.5. The molecule has 1 N–H and O–H groups in total. The predicted octanol–water partition coefficient (Wildman–Crippen LogP) is 9.42. The molecule has 2 heterocycles. The van der Waals surface area contributed by atoms with Crippen LogP contribution in [0.25, 0.3) is 5.57 Å². The number of fused-ring (bicyclic) bond motifs is 1. The van der Waals surface area contributed by atoms with Gasteiger partial charge in [0.2, 0.25) is 0 Å². The van der Waals surface area contributed by atoms with Gasteiger partial charge < -0.3 is 14.8 Å². The smallest absolute Gasteiger partial charge is 0.170 e. The van der Waals surface area contributed by atoms with E-state index in [0.29, 0.717) is 5.92 Å². The number of nitrogens with one attached hydrogen (secondary N) is 1. The molecule has 3 unspecified atom stereocenters. The minimum atomic E-state index is -0.694. The maximum atomic E-state index is 6.87. The van der Waals surface area contributed by atoms with E-state index in [2.05, 4.69) is 124 Å². The molecule has 2 aliphatic heterocycles. The molecule has 0 amide bonds. The molecule has 1 fully saturated rings. The van der Waals surface area contributed by atoms with Crippen molar-refractivity contribution < 1.29 is 9.47 Å². The van der Waals surface area contributed by atoms with E-state index in [1.807, 2.05) is 0 Å². The van der Waals surface area contributed by atoms with Gasteiger partial charge in [-0.1, -0.05) is 97.4 Å². The van der Waals surface area contributed by atoms with Crippen LogP contribution in [0.2, 0.25) is 0 Å². The largest absolute Gasteiger partial charge is 0.374 e. The maximum Gasteiger partial charge on any atom is 0.170 e. The van der Waals surface area contributed by atoms with Crippen LogP contribution in [0.1, 0.15) is 109 Å². The van der Waals surface area contributed by atoms with Crippen molar-refractivity contribution in [3.05, 3.63) is 70.3 Å². The second kappa shape index (κ2) is 10.5. The number of ether oxygens (including phenoxy) is 2. The zero-order chi connectivity index (χ0) is 28.0. The summed E-state index contributed by atoms with van der Waals surface area (Å²) in [6.45, 7) is 24.9. The summed E-state index contributed by atoms with van der Waals surface area (Å²) in [4.78, 5) is 0. The van der Waals surface area contributed by atoms with E-state index < -0.39 is 5.79 Å². The average molecular weight is 518 g/mol. The highest BCUT2D eigenvalue weighted by atomic mass is 16.7. The first-order valence-corrected chi connectivity index (χ1v) is 14.6. The molecule has 3 heteroatoms. The van der Waals surface area contributed by atoms with Crippen LogP contribution in [0.15, 0.2) is 42.5 Å². The molecule has 0 radical (unpaired) electrons. The molecule has 0 bridgehead atoms. The molecule has 208 valence electrons. The summed E-state index contributed by atoms with van der Waals surface area (Å²) in [5.74, 6) is -0.0988. The zero-order valence-corrected chi connectivity index (χ0v) is 25.8. The van der Waals surface area contributed by atoms with Gasteiger partial charge in [0.25, 0.3) is 0 Å². The third-order valence-corrected chi connectivity index (χ3v) is 8.21. The highest BCUT2D eigenvalue weighted by Gasteiger charge is 2.47. The van der Waals surface area contributed by atoms with Gasteiger partial charge in [-0.15, -0.1) is 0 Å². The van der Waals surface area contributed by atoms with Crippen molar-refractivity contribution in [2.45, 2.75) is 119 Å². The number of allylic oxidation sites excluding steroid dienone is 1. The first-order valence-electron chi connectivity index (χ1n) is 14.6. The highest BCUT2D eigenvalue weighted by Crippen LogP contribution is 2.45. The molecule has 2 aromatic carbocycles. The van der Waals surface area contributed by atoms with Gasteiger partial charge >= 0.3 is 0 Å². The van der Waals surface area contributed by atoms with Gasteiger partial charge in [0, 0.05) is 24.1 Å². The lowest BCUT2D eigenvalue weighted by Gasteiger charge is -2.50. The first kappa shape index (κ1) is 28.9. The van der Waals surface area contributed by atoms with E-state index in [4.69, 9.17) is 9.47 Å². The Hall–Kier alpha value is -2.10. The Kier molecular flexibility index (Phi) is 7.96. The van der Waals surface area contributed by atoms with Crippen LogP contribution in [0.3, 0.4) is 0 Å². The van der Waals surface area contributed by atoms with E-state index >= 15 is 0 Å². The summed E-state index contributed by atoms with van der Waals surface area (Å²) in [5, 5.41) is 3.87. The minimum Gasteiger partial charge on any atom is -0.374 e. The standard InChI is InChI=1S/C35H51NO2/c1-22(2)16-25-19-30(36-29-15-13-12-14-26(25)29)27-18-23(3)17-24(4)28(27)21-35(11)37-31(33(5,6)7)20-32(38-35)34(8,9)10/h12-15,17-19,22,30-32,36H,16,20-21H2,1-11H3. The molecule has 3 nitrogen and oxygen atoms in total. The number of anilines is 1. The van der Waals surface area contributed by atoms with Crippen molar-refractivity contribution in [3.8, 4) is 0 Å². The SMILES string of the molecule is Cc1cc(C)c(CC2(C)OC(C(C)(C)C)CC(C(C)(C)C)O2)c(C2C=C(CC(C)C)c3ccccc3N2)c1. The molecule has 0 spiro atoms. The molecule has 1 saturated heterocycles. The van der Waals surface area contributed by atoms with E-state index in [-0.39, 0.29) is 29.1 Å². The van der Waals surface area contributed by atoms with Crippen molar-refractivity contribution in [1.29, 1.82) is 0 Å². The topological polar surface area (TPSA) is 30.5 Å². The fraction of sp³-hybridized carbons (Fsp3) is 0.600. The maximum absolute atomic E-state index is 6.87. The van der Waals surface area contributed by atoms with Gasteiger partial charge in [0.1, 0.15) is 0 Å². The van der Waals surface area contributed by atoms with Crippen molar-refractivity contribution in [2.24, 2.45) is 16.7 Å². The first-order chi connectivity index (χ1) is 17.6. The summed E-state index contributed by atoms with van der Waals surface area (Å²) in [5.41, 5.74) is 9.32. The van der Waals surface area contributed by atoms with E-state index in [9.17, 15) is 0 Å². The predicted molar refractivity (Wildman–Crippen MR) is 162 cm³/mol. The summed E-state index contributed by atoms with van der Waals surface area (Å²) >= 11 is 0. The Morgan fingerprint density at radius 3 is 2.13 bits per heavy atom. The third kappa shape index (κ3) is 6.37. The van der Waals surface area contributed by atoms with Crippen LogP contribution in [0.4, 0.5) is 5.69 Å². The van der Waals surface area contributed by atoms with Gasteiger partial charge in [-0.3, -0.25) is 0 Å². The average Bonchev–Trinajstić information content (AvgIpc) is 2.78. The van der Waals surface area contributed by atoms with Crippen LogP contribution in [-0.4, -0.2) is 18.0 Å². The van der Waals surface area contributed by atoms with Gasteiger partial charge in [0.15, 0.2) is 5.79 Å². The lowest BCUT2D eigenvalue weighted by Crippen LogP contribution is -2.54. The molecule has 0 saturated carbocycles. The van der Waals surface area contributed by atoms with E-state index in [0.717, 1.165) is 19.3 Å². The summed E-state index contributed by atoms with van der Waals surface area (Å²) in [6.07, 6.45) is 5.44. The van der Waals surface area contributed by atoms with Gasteiger partial charge in [-0.05, 0) is 72.3 Å². The van der Waals surface area contributed by atoms with Crippen molar-refractivity contribution in [1.82, 2.24) is 0 Å². The normalized spacial score (nSPS) is 26.1. The molecule has 3 atom stereocenters. The Morgan fingerprint density at radius 2 is 1.55 bits per heavy atom. The fourth-order valence-electron chi connectivity index (χ4n) is 6.11. The van der Waals surface area contributed by atoms with Crippen molar-refractivity contribution >= 4 is 11.3 Å². The van der Waals surface area contributed by atoms with Crippen molar-refractivity contribution in [2.75, 3.05) is 5.32 Å². The van der Waals surface area contributed by atoms with Gasteiger partial charge in [-0.2, -0.15) is 0 Å². The number of para-hydroxylation sites is 1. The van der Waals surface area contributed by atoms with Gasteiger partial charge in [-0.25, -0.2) is 0 Å². The molecular weight excluding hydrogens is 466 g/mol. The Labute approximate surface area is 232 Å². The number of rotatable bonds is 5. The summed E-state index contributed by atoms with van der Waals surface area (Å²) in [7, 11) is 0. The third-order valence-electron chi connectivity index (χ3n) is 8.21. The lowest BCUT2D eigenvalue weighted by atomic mass is 9.77. The Morgan fingerprint density at radius 1 is 0.947 bits per heavy atom. The fourth-order valence-corrected chi connectivity index (χ4v) is 6.11. The van der Waals surface area contributed by atoms with Gasteiger partial charge in [0.05, 0.1) is 18.2 Å². The highest BCUT2D eigenvalue weighted by molar-refractivity contribution is 5.80. The van der Waals surface area contributed by atoms with Crippen LogP contribution < -0.4 is 5.32 Å².